The number of rotatable bonds is 5. The van der Waals surface area contributed by atoms with E-state index < -0.39 is 0 Å². The van der Waals surface area contributed by atoms with Crippen molar-refractivity contribution in [3.8, 4) is 5.75 Å². The first-order valence-electron chi connectivity index (χ1n) is 10.7. The fourth-order valence-electron chi connectivity index (χ4n) is 4.43. The number of aliphatic imine (C=N–C) groups is 1. The summed E-state index contributed by atoms with van der Waals surface area (Å²) in [5.74, 6) is 2.64. The van der Waals surface area contributed by atoms with E-state index >= 15 is 0 Å². The van der Waals surface area contributed by atoms with Crippen molar-refractivity contribution in [3.05, 3.63) is 59.7 Å². The van der Waals surface area contributed by atoms with E-state index in [1.807, 2.05) is 19.2 Å². The third kappa shape index (κ3) is 5.46. The van der Waals surface area contributed by atoms with Gasteiger partial charge in [0.05, 0.1) is 7.11 Å². The van der Waals surface area contributed by atoms with E-state index in [0.29, 0.717) is 5.92 Å². The number of halogens is 1. The number of likely N-dealkylation sites (tertiary alicyclic amines) is 1. The largest absolute Gasteiger partial charge is 0.497 e. The quantitative estimate of drug-likeness (QED) is 0.365. The zero-order chi connectivity index (χ0) is 20.1. The summed E-state index contributed by atoms with van der Waals surface area (Å²) >= 11 is 0. The molecule has 0 unspecified atom stereocenters. The van der Waals surface area contributed by atoms with Crippen LogP contribution in [-0.2, 0) is 13.0 Å². The van der Waals surface area contributed by atoms with E-state index in [0.717, 1.165) is 50.9 Å². The fraction of sp³-hybridized carbons (Fsp3) is 0.458. The minimum absolute atomic E-state index is 0. The maximum absolute atomic E-state index is 5.25. The van der Waals surface area contributed by atoms with Crippen LogP contribution in [0, 0.1) is 5.92 Å². The van der Waals surface area contributed by atoms with Gasteiger partial charge in [0.1, 0.15) is 5.75 Å². The summed E-state index contributed by atoms with van der Waals surface area (Å²) < 4.78 is 5.25. The molecule has 2 aliphatic heterocycles. The smallest absolute Gasteiger partial charge is 0.198 e. The molecular formula is C24H33IN4O. The number of ether oxygens (including phenoxy) is 1. The first-order chi connectivity index (χ1) is 14.3. The molecule has 0 bridgehead atoms. The summed E-state index contributed by atoms with van der Waals surface area (Å²) in [4.78, 5) is 9.44. The molecule has 6 heteroatoms. The summed E-state index contributed by atoms with van der Waals surface area (Å²) in [6, 6.07) is 17.1. The van der Waals surface area contributed by atoms with Gasteiger partial charge in [-0.2, -0.15) is 0 Å². The van der Waals surface area contributed by atoms with Crippen LogP contribution in [0.1, 0.15) is 24.0 Å². The van der Waals surface area contributed by atoms with E-state index in [1.165, 1.54) is 29.7 Å². The zero-order valence-electron chi connectivity index (χ0n) is 18.0. The lowest BCUT2D eigenvalue weighted by Crippen LogP contribution is -2.44. The highest BCUT2D eigenvalue weighted by molar-refractivity contribution is 14.0. The Morgan fingerprint density at radius 1 is 1.07 bits per heavy atom. The fourth-order valence-corrected chi connectivity index (χ4v) is 4.43. The lowest BCUT2D eigenvalue weighted by atomic mass is 9.96. The van der Waals surface area contributed by atoms with Gasteiger partial charge < -0.3 is 15.0 Å². The molecule has 0 spiro atoms. The molecule has 4 rings (SSSR count). The van der Waals surface area contributed by atoms with Crippen LogP contribution in [0.2, 0.25) is 0 Å². The lowest BCUT2D eigenvalue weighted by molar-refractivity contribution is 0.178. The Morgan fingerprint density at radius 3 is 2.50 bits per heavy atom. The van der Waals surface area contributed by atoms with E-state index in [-0.39, 0.29) is 24.0 Å². The second-order valence-corrected chi connectivity index (χ2v) is 8.03. The van der Waals surface area contributed by atoms with Crippen LogP contribution >= 0.6 is 24.0 Å². The predicted octanol–water partition coefficient (Wildman–Crippen LogP) is 4.16. The molecule has 0 aromatic heterocycles. The molecule has 2 aliphatic rings. The number of guanidine groups is 1. The topological polar surface area (TPSA) is 40.1 Å². The third-order valence-electron chi connectivity index (χ3n) is 6.18. The number of fused-ring (bicyclic) bond motifs is 1. The molecule has 0 radical (unpaired) electrons. The van der Waals surface area contributed by atoms with E-state index in [1.54, 1.807) is 7.11 Å². The van der Waals surface area contributed by atoms with Crippen LogP contribution in [-0.4, -0.2) is 51.2 Å². The van der Waals surface area contributed by atoms with E-state index in [4.69, 9.17) is 4.74 Å². The van der Waals surface area contributed by atoms with Crippen molar-refractivity contribution in [2.24, 2.45) is 10.9 Å². The molecule has 1 N–H and O–H groups in total. The van der Waals surface area contributed by atoms with Gasteiger partial charge in [-0.25, -0.2) is 0 Å². The predicted molar refractivity (Wildman–Crippen MR) is 135 cm³/mol. The van der Waals surface area contributed by atoms with Crippen LogP contribution in [0.15, 0.2) is 53.5 Å². The highest BCUT2D eigenvalue weighted by Gasteiger charge is 2.24. The Hall–Kier alpha value is -1.80. The molecule has 2 aromatic carbocycles. The van der Waals surface area contributed by atoms with Crippen molar-refractivity contribution in [1.82, 2.24) is 10.2 Å². The number of para-hydroxylation sites is 1. The summed E-state index contributed by atoms with van der Waals surface area (Å²) in [7, 11) is 3.60. The van der Waals surface area contributed by atoms with Crippen molar-refractivity contribution < 1.29 is 4.74 Å². The molecule has 0 aliphatic carbocycles. The number of hydrogen-bond acceptors (Lipinski definition) is 3. The van der Waals surface area contributed by atoms with Crippen LogP contribution in [0.25, 0.3) is 0 Å². The molecule has 0 saturated carbocycles. The standard InChI is InChI=1S/C24H32N4O.HI/c1-25-24(28-16-13-21-5-3-4-6-23(21)28)26-17-19-11-14-27(15-12-19)18-20-7-9-22(29-2)10-8-20;/h3-10,19H,11-18H2,1-2H3,(H,25,26);1H. The molecule has 0 amide bonds. The lowest BCUT2D eigenvalue weighted by Gasteiger charge is -2.33. The minimum Gasteiger partial charge on any atom is -0.497 e. The van der Waals surface area contributed by atoms with Crippen LogP contribution in [0.3, 0.4) is 0 Å². The van der Waals surface area contributed by atoms with Gasteiger partial charge in [-0.3, -0.25) is 9.89 Å². The average molecular weight is 520 g/mol. The number of anilines is 1. The number of methoxy groups -OCH3 is 1. The van der Waals surface area contributed by atoms with Crippen molar-refractivity contribution in [1.29, 1.82) is 0 Å². The van der Waals surface area contributed by atoms with Gasteiger partial charge in [0.2, 0.25) is 0 Å². The van der Waals surface area contributed by atoms with E-state index in [2.05, 4.69) is 56.5 Å². The van der Waals surface area contributed by atoms with Gasteiger partial charge in [-0.1, -0.05) is 30.3 Å². The molecule has 30 heavy (non-hydrogen) atoms. The molecule has 1 saturated heterocycles. The molecule has 5 nitrogen and oxygen atoms in total. The Morgan fingerprint density at radius 2 is 1.80 bits per heavy atom. The summed E-state index contributed by atoms with van der Waals surface area (Å²) in [5.41, 5.74) is 4.08. The van der Waals surface area contributed by atoms with Crippen LogP contribution in [0.5, 0.6) is 5.75 Å². The maximum atomic E-state index is 5.25. The highest BCUT2D eigenvalue weighted by atomic mass is 127. The SMILES string of the molecule is CN=C(NCC1CCN(Cc2ccc(OC)cc2)CC1)N1CCc2ccccc21.I. The van der Waals surface area contributed by atoms with Crippen molar-refractivity contribution in [2.75, 3.05) is 45.2 Å². The van der Waals surface area contributed by atoms with Gasteiger partial charge in [0.15, 0.2) is 5.96 Å². The van der Waals surface area contributed by atoms with Crippen molar-refractivity contribution in [2.45, 2.75) is 25.8 Å². The van der Waals surface area contributed by atoms with Gasteiger partial charge in [-0.15, -0.1) is 24.0 Å². The Labute approximate surface area is 197 Å². The second kappa shape index (κ2) is 11.0. The third-order valence-corrected chi connectivity index (χ3v) is 6.18. The Kier molecular flexibility index (Phi) is 8.39. The van der Waals surface area contributed by atoms with Gasteiger partial charge in [-0.05, 0) is 67.6 Å². The zero-order valence-corrected chi connectivity index (χ0v) is 20.3. The van der Waals surface area contributed by atoms with E-state index in [9.17, 15) is 0 Å². The number of nitrogens with one attached hydrogen (secondary N) is 1. The minimum atomic E-state index is 0. The van der Waals surface area contributed by atoms with Gasteiger partial charge >= 0.3 is 0 Å². The first-order valence-corrected chi connectivity index (χ1v) is 10.7. The molecular weight excluding hydrogens is 487 g/mol. The average Bonchev–Trinajstić information content (AvgIpc) is 3.20. The first kappa shape index (κ1) is 22.9. The van der Waals surface area contributed by atoms with Crippen LogP contribution < -0.4 is 15.0 Å². The van der Waals surface area contributed by atoms with Crippen molar-refractivity contribution in [3.63, 3.8) is 0 Å². The summed E-state index contributed by atoms with van der Waals surface area (Å²) in [5, 5.41) is 3.64. The number of hydrogen-bond donors (Lipinski definition) is 1. The highest BCUT2D eigenvalue weighted by Crippen LogP contribution is 2.27. The summed E-state index contributed by atoms with van der Waals surface area (Å²) in [6.45, 7) is 5.35. The second-order valence-electron chi connectivity index (χ2n) is 8.03. The van der Waals surface area contributed by atoms with Gasteiger partial charge in [0, 0.05) is 32.4 Å². The van der Waals surface area contributed by atoms with Crippen LogP contribution in [0.4, 0.5) is 5.69 Å². The monoisotopic (exact) mass is 520 g/mol. The molecule has 1 fully saturated rings. The van der Waals surface area contributed by atoms with Crippen molar-refractivity contribution >= 4 is 35.6 Å². The number of piperidine rings is 1. The van der Waals surface area contributed by atoms with Gasteiger partial charge in [0.25, 0.3) is 0 Å². The Balaban J connectivity index is 0.00000256. The normalized spacial score (nSPS) is 17.4. The molecule has 0 atom stereocenters. The summed E-state index contributed by atoms with van der Waals surface area (Å²) in [6.07, 6.45) is 3.56. The molecule has 2 heterocycles. The maximum Gasteiger partial charge on any atom is 0.198 e. The number of nitrogens with zero attached hydrogens (tertiary/aromatic N) is 3. The number of benzene rings is 2. The Bertz CT molecular complexity index is 831. The molecule has 2 aromatic rings. The molecule has 162 valence electrons.